The van der Waals surface area contributed by atoms with E-state index in [1.807, 2.05) is 0 Å². The van der Waals surface area contributed by atoms with Crippen molar-refractivity contribution in [2.24, 2.45) is 5.92 Å². The van der Waals surface area contributed by atoms with Gasteiger partial charge in [-0.3, -0.25) is 0 Å². The summed E-state index contributed by atoms with van der Waals surface area (Å²) in [6.45, 7) is 7.88. The van der Waals surface area contributed by atoms with Crippen molar-refractivity contribution >= 4 is 0 Å². The SMILES string of the molecule is CCCNC(Cc1ncnc2c1CCC2)C(C)C. The Balaban J connectivity index is 2.09. The molecule has 0 spiro atoms. The molecule has 0 saturated carbocycles. The number of nitrogens with one attached hydrogen (secondary N) is 1. The third kappa shape index (κ3) is 3.08. The molecular weight excluding hydrogens is 222 g/mol. The van der Waals surface area contributed by atoms with E-state index in [0.717, 1.165) is 19.4 Å². The summed E-state index contributed by atoms with van der Waals surface area (Å²) in [6.07, 6.45) is 7.53. The molecule has 1 aliphatic rings. The summed E-state index contributed by atoms with van der Waals surface area (Å²) in [5.41, 5.74) is 4.00. The Morgan fingerprint density at radius 1 is 1.28 bits per heavy atom. The first kappa shape index (κ1) is 13.5. The number of fused-ring (bicyclic) bond motifs is 1. The Morgan fingerprint density at radius 2 is 2.11 bits per heavy atom. The fourth-order valence-electron chi connectivity index (χ4n) is 2.68. The van der Waals surface area contributed by atoms with Crippen molar-refractivity contribution in [1.82, 2.24) is 15.3 Å². The second-order valence-electron chi connectivity index (χ2n) is 5.61. The van der Waals surface area contributed by atoms with Crippen molar-refractivity contribution in [1.29, 1.82) is 0 Å². The first-order valence-electron chi connectivity index (χ1n) is 7.27. The number of aryl methyl sites for hydroxylation is 1. The minimum Gasteiger partial charge on any atom is -0.313 e. The Hall–Kier alpha value is -0.960. The Kier molecular flexibility index (Phi) is 4.70. The zero-order valence-corrected chi connectivity index (χ0v) is 11.9. The van der Waals surface area contributed by atoms with Gasteiger partial charge < -0.3 is 5.32 Å². The molecule has 0 radical (unpaired) electrons. The van der Waals surface area contributed by atoms with Crippen LogP contribution in [0.25, 0.3) is 0 Å². The monoisotopic (exact) mass is 247 g/mol. The molecule has 1 N–H and O–H groups in total. The van der Waals surface area contributed by atoms with Crippen molar-refractivity contribution < 1.29 is 0 Å². The second-order valence-corrected chi connectivity index (χ2v) is 5.61. The molecule has 0 aliphatic heterocycles. The Morgan fingerprint density at radius 3 is 2.83 bits per heavy atom. The zero-order chi connectivity index (χ0) is 13.0. The lowest BCUT2D eigenvalue weighted by molar-refractivity contribution is 0.393. The molecule has 100 valence electrons. The number of hydrogen-bond donors (Lipinski definition) is 1. The van der Waals surface area contributed by atoms with Crippen LogP contribution < -0.4 is 5.32 Å². The van der Waals surface area contributed by atoms with E-state index in [-0.39, 0.29) is 0 Å². The van der Waals surface area contributed by atoms with E-state index in [4.69, 9.17) is 0 Å². The van der Waals surface area contributed by atoms with Gasteiger partial charge in [0.1, 0.15) is 6.33 Å². The van der Waals surface area contributed by atoms with Crippen LogP contribution in [0.3, 0.4) is 0 Å². The van der Waals surface area contributed by atoms with Gasteiger partial charge in [-0.1, -0.05) is 20.8 Å². The van der Waals surface area contributed by atoms with Crippen LogP contribution in [0.15, 0.2) is 6.33 Å². The molecule has 1 atom stereocenters. The first-order valence-corrected chi connectivity index (χ1v) is 7.27. The van der Waals surface area contributed by atoms with Gasteiger partial charge in [0.15, 0.2) is 0 Å². The average molecular weight is 247 g/mol. The molecule has 0 aromatic carbocycles. The lowest BCUT2D eigenvalue weighted by Crippen LogP contribution is -2.36. The standard InChI is InChI=1S/C15H25N3/c1-4-8-16-14(11(2)3)9-15-12-6-5-7-13(12)17-10-18-15/h10-11,14,16H,4-9H2,1-3H3. The lowest BCUT2D eigenvalue weighted by atomic mass is 9.96. The summed E-state index contributed by atoms with van der Waals surface area (Å²) in [5, 5.41) is 3.65. The van der Waals surface area contributed by atoms with E-state index in [0.29, 0.717) is 12.0 Å². The molecule has 0 saturated heterocycles. The summed E-state index contributed by atoms with van der Waals surface area (Å²) in [5.74, 6) is 0.642. The number of aromatic nitrogens is 2. The quantitative estimate of drug-likeness (QED) is 0.839. The van der Waals surface area contributed by atoms with Crippen LogP contribution in [0.4, 0.5) is 0 Å². The van der Waals surface area contributed by atoms with E-state index in [1.54, 1.807) is 6.33 Å². The van der Waals surface area contributed by atoms with Gasteiger partial charge in [0, 0.05) is 23.9 Å². The molecule has 3 nitrogen and oxygen atoms in total. The number of rotatable bonds is 6. The maximum Gasteiger partial charge on any atom is 0.115 e. The van der Waals surface area contributed by atoms with Gasteiger partial charge in [0.05, 0.1) is 0 Å². The van der Waals surface area contributed by atoms with Gasteiger partial charge in [0.25, 0.3) is 0 Å². The number of hydrogen-bond acceptors (Lipinski definition) is 3. The molecule has 1 aliphatic carbocycles. The van der Waals surface area contributed by atoms with Crippen LogP contribution in [-0.4, -0.2) is 22.6 Å². The molecule has 0 bridgehead atoms. The van der Waals surface area contributed by atoms with Gasteiger partial charge in [-0.2, -0.15) is 0 Å². The van der Waals surface area contributed by atoms with Crippen molar-refractivity contribution in [2.75, 3.05) is 6.54 Å². The predicted molar refractivity (Wildman–Crippen MR) is 74.7 cm³/mol. The lowest BCUT2D eigenvalue weighted by Gasteiger charge is -2.22. The Bertz CT molecular complexity index is 387. The molecule has 18 heavy (non-hydrogen) atoms. The maximum atomic E-state index is 4.53. The molecule has 3 heteroatoms. The van der Waals surface area contributed by atoms with Gasteiger partial charge >= 0.3 is 0 Å². The molecular formula is C15H25N3. The molecule has 2 rings (SSSR count). The van der Waals surface area contributed by atoms with Crippen LogP contribution in [0, 0.1) is 5.92 Å². The summed E-state index contributed by atoms with van der Waals surface area (Å²) in [4.78, 5) is 8.93. The fraction of sp³-hybridized carbons (Fsp3) is 0.733. The van der Waals surface area contributed by atoms with Gasteiger partial charge in [0.2, 0.25) is 0 Å². The van der Waals surface area contributed by atoms with Gasteiger partial charge in [-0.15, -0.1) is 0 Å². The van der Waals surface area contributed by atoms with Crippen LogP contribution >= 0.6 is 0 Å². The van der Waals surface area contributed by atoms with E-state index in [2.05, 4.69) is 36.1 Å². The van der Waals surface area contributed by atoms with E-state index < -0.39 is 0 Å². The van der Waals surface area contributed by atoms with E-state index >= 15 is 0 Å². The highest BCUT2D eigenvalue weighted by Gasteiger charge is 2.20. The number of nitrogens with zero attached hydrogens (tertiary/aromatic N) is 2. The van der Waals surface area contributed by atoms with Crippen molar-refractivity contribution in [2.45, 2.75) is 58.9 Å². The largest absolute Gasteiger partial charge is 0.313 e. The normalized spacial score (nSPS) is 16.0. The maximum absolute atomic E-state index is 4.53. The molecule has 1 aromatic rings. The first-order chi connectivity index (χ1) is 8.72. The highest BCUT2D eigenvalue weighted by molar-refractivity contribution is 5.29. The summed E-state index contributed by atoms with van der Waals surface area (Å²) >= 11 is 0. The predicted octanol–water partition coefficient (Wildman–Crippen LogP) is 2.53. The summed E-state index contributed by atoms with van der Waals surface area (Å²) in [7, 11) is 0. The third-order valence-corrected chi connectivity index (χ3v) is 3.84. The minimum atomic E-state index is 0.532. The van der Waals surface area contributed by atoms with E-state index in [9.17, 15) is 0 Å². The van der Waals surface area contributed by atoms with Crippen LogP contribution in [0.1, 0.15) is 50.6 Å². The average Bonchev–Trinajstić information content (AvgIpc) is 2.83. The molecule has 1 unspecified atom stereocenters. The van der Waals surface area contributed by atoms with E-state index in [1.165, 1.54) is 36.2 Å². The molecule has 1 aromatic heterocycles. The van der Waals surface area contributed by atoms with Crippen LogP contribution in [0.5, 0.6) is 0 Å². The van der Waals surface area contributed by atoms with Crippen LogP contribution in [-0.2, 0) is 19.3 Å². The van der Waals surface area contributed by atoms with Crippen molar-refractivity contribution in [3.63, 3.8) is 0 Å². The van der Waals surface area contributed by atoms with Gasteiger partial charge in [-0.25, -0.2) is 9.97 Å². The Labute approximate surface area is 110 Å². The fourth-order valence-corrected chi connectivity index (χ4v) is 2.68. The summed E-state index contributed by atoms with van der Waals surface area (Å²) < 4.78 is 0. The highest BCUT2D eigenvalue weighted by atomic mass is 14.9. The second kappa shape index (κ2) is 6.28. The minimum absolute atomic E-state index is 0.532. The molecule has 1 heterocycles. The summed E-state index contributed by atoms with van der Waals surface area (Å²) in [6, 6.07) is 0.532. The smallest absolute Gasteiger partial charge is 0.115 e. The zero-order valence-electron chi connectivity index (χ0n) is 11.9. The van der Waals surface area contributed by atoms with Crippen LogP contribution in [0.2, 0.25) is 0 Å². The molecule has 0 amide bonds. The molecule has 0 fully saturated rings. The van der Waals surface area contributed by atoms with Gasteiger partial charge in [-0.05, 0) is 43.7 Å². The van der Waals surface area contributed by atoms with Crippen molar-refractivity contribution in [3.05, 3.63) is 23.3 Å². The third-order valence-electron chi connectivity index (χ3n) is 3.84. The highest BCUT2D eigenvalue weighted by Crippen LogP contribution is 2.23. The topological polar surface area (TPSA) is 37.8 Å². The van der Waals surface area contributed by atoms with Crippen molar-refractivity contribution in [3.8, 4) is 0 Å².